The van der Waals surface area contributed by atoms with E-state index in [1.54, 1.807) is 0 Å². The topological polar surface area (TPSA) is 15.3 Å². The lowest BCUT2D eigenvalue weighted by atomic mass is 9.83. The van der Waals surface area contributed by atoms with E-state index in [2.05, 4.69) is 38.2 Å². The molecule has 2 atom stereocenters. The first-order valence-electron chi connectivity index (χ1n) is 6.46. The minimum Gasteiger partial charge on any atom is -0.319 e. The van der Waals surface area contributed by atoms with Crippen molar-refractivity contribution in [2.75, 3.05) is 33.7 Å². The zero-order valence-corrected chi connectivity index (χ0v) is 10.9. The summed E-state index contributed by atoms with van der Waals surface area (Å²) in [5, 5.41) is 3.34. The van der Waals surface area contributed by atoms with Gasteiger partial charge in [0.15, 0.2) is 0 Å². The lowest BCUT2D eigenvalue weighted by molar-refractivity contribution is 0.170. The van der Waals surface area contributed by atoms with E-state index in [0.29, 0.717) is 0 Å². The van der Waals surface area contributed by atoms with Gasteiger partial charge in [0.1, 0.15) is 0 Å². The summed E-state index contributed by atoms with van der Waals surface area (Å²) in [7, 11) is 4.33. The Bertz CT molecular complexity index is 168. The molecule has 0 spiro atoms. The molecule has 0 aromatic carbocycles. The van der Waals surface area contributed by atoms with E-state index in [-0.39, 0.29) is 0 Å². The Morgan fingerprint density at radius 1 is 1.40 bits per heavy atom. The molecule has 2 heteroatoms. The van der Waals surface area contributed by atoms with Crippen LogP contribution in [0.25, 0.3) is 0 Å². The number of nitrogens with one attached hydrogen (secondary N) is 1. The smallest absolute Gasteiger partial charge is 0.000673 e. The number of rotatable bonds is 5. The zero-order valence-electron chi connectivity index (χ0n) is 10.9. The van der Waals surface area contributed by atoms with Crippen LogP contribution in [0.3, 0.4) is 0 Å². The van der Waals surface area contributed by atoms with Crippen LogP contribution in [0, 0.1) is 17.8 Å². The zero-order chi connectivity index (χ0) is 11.3. The molecular weight excluding hydrogens is 184 g/mol. The highest BCUT2D eigenvalue weighted by molar-refractivity contribution is 4.76. The average Bonchev–Trinajstić information content (AvgIpc) is 2.17. The molecule has 1 saturated heterocycles. The summed E-state index contributed by atoms with van der Waals surface area (Å²) in [4.78, 5) is 2.49. The van der Waals surface area contributed by atoms with Crippen LogP contribution in [0.15, 0.2) is 0 Å². The van der Waals surface area contributed by atoms with Gasteiger partial charge < -0.3 is 10.2 Å². The average molecular weight is 212 g/mol. The molecule has 2 unspecified atom stereocenters. The van der Waals surface area contributed by atoms with Gasteiger partial charge in [-0.2, -0.15) is 0 Å². The third-order valence-corrected chi connectivity index (χ3v) is 3.77. The maximum atomic E-state index is 3.34. The molecule has 0 aromatic heterocycles. The van der Waals surface area contributed by atoms with Crippen LogP contribution >= 0.6 is 0 Å². The second kappa shape index (κ2) is 6.49. The molecule has 0 aromatic rings. The molecule has 0 amide bonds. The Morgan fingerprint density at radius 3 is 2.67 bits per heavy atom. The second-order valence-electron chi connectivity index (χ2n) is 5.57. The minimum atomic E-state index is 0.810. The van der Waals surface area contributed by atoms with Gasteiger partial charge in [0.2, 0.25) is 0 Å². The van der Waals surface area contributed by atoms with E-state index in [0.717, 1.165) is 17.8 Å². The molecule has 1 N–H and O–H groups in total. The standard InChI is InChI=1S/C13H28N2/c1-11(2)13(9-14-3)8-12-6-5-7-15(4)10-12/h11-14H,5-10H2,1-4H3. The lowest BCUT2D eigenvalue weighted by Gasteiger charge is -2.33. The van der Waals surface area contributed by atoms with Crippen LogP contribution < -0.4 is 5.32 Å². The SMILES string of the molecule is CNCC(CC1CCCN(C)C1)C(C)C. The van der Waals surface area contributed by atoms with Crippen LogP contribution in [0.4, 0.5) is 0 Å². The largest absolute Gasteiger partial charge is 0.319 e. The second-order valence-corrected chi connectivity index (χ2v) is 5.57. The maximum absolute atomic E-state index is 3.34. The van der Waals surface area contributed by atoms with Crippen LogP contribution in [0.5, 0.6) is 0 Å². The minimum absolute atomic E-state index is 0.810. The highest BCUT2D eigenvalue weighted by atomic mass is 15.1. The Balaban J connectivity index is 2.35. The molecule has 15 heavy (non-hydrogen) atoms. The summed E-state index contributed by atoms with van der Waals surface area (Å²) >= 11 is 0. The first-order valence-corrected chi connectivity index (χ1v) is 6.46. The highest BCUT2D eigenvalue weighted by Gasteiger charge is 2.22. The van der Waals surface area contributed by atoms with Crippen molar-refractivity contribution in [3.05, 3.63) is 0 Å². The third kappa shape index (κ3) is 4.52. The first-order chi connectivity index (χ1) is 7.13. The fourth-order valence-corrected chi connectivity index (χ4v) is 2.75. The molecule has 1 rings (SSSR count). The van der Waals surface area contributed by atoms with Gasteiger partial charge in [-0.1, -0.05) is 13.8 Å². The molecule has 0 radical (unpaired) electrons. The number of piperidine rings is 1. The number of likely N-dealkylation sites (tertiary alicyclic amines) is 1. The summed E-state index contributed by atoms with van der Waals surface area (Å²) in [6, 6.07) is 0. The molecule has 1 fully saturated rings. The van der Waals surface area contributed by atoms with Crippen LogP contribution in [-0.4, -0.2) is 38.6 Å². The summed E-state index contributed by atoms with van der Waals surface area (Å²) in [5.74, 6) is 2.60. The van der Waals surface area contributed by atoms with Gasteiger partial charge in [0.25, 0.3) is 0 Å². The summed E-state index contributed by atoms with van der Waals surface area (Å²) in [5.41, 5.74) is 0. The van der Waals surface area contributed by atoms with Gasteiger partial charge in [-0.15, -0.1) is 0 Å². The van der Waals surface area contributed by atoms with Crippen molar-refractivity contribution in [2.24, 2.45) is 17.8 Å². The monoisotopic (exact) mass is 212 g/mol. The van der Waals surface area contributed by atoms with E-state index >= 15 is 0 Å². The van der Waals surface area contributed by atoms with Crippen LogP contribution in [-0.2, 0) is 0 Å². The van der Waals surface area contributed by atoms with Crippen molar-refractivity contribution in [1.82, 2.24) is 10.2 Å². The summed E-state index contributed by atoms with van der Waals surface area (Å²) in [6.07, 6.45) is 4.24. The van der Waals surface area contributed by atoms with Crippen molar-refractivity contribution < 1.29 is 0 Å². The Hall–Kier alpha value is -0.0800. The van der Waals surface area contributed by atoms with E-state index in [9.17, 15) is 0 Å². The number of hydrogen-bond acceptors (Lipinski definition) is 2. The summed E-state index contributed by atoms with van der Waals surface area (Å²) in [6.45, 7) is 8.50. The van der Waals surface area contributed by atoms with Gasteiger partial charge in [0, 0.05) is 6.54 Å². The van der Waals surface area contributed by atoms with Crippen molar-refractivity contribution >= 4 is 0 Å². The van der Waals surface area contributed by atoms with E-state index in [1.165, 1.54) is 38.9 Å². The van der Waals surface area contributed by atoms with E-state index in [4.69, 9.17) is 0 Å². The lowest BCUT2D eigenvalue weighted by Crippen LogP contribution is -2.35. The molecule has 1 aliphatic rings. The Labute approximate surface area is 95.4 Å². The molecule has 1 heterocycles. The maximum Gasteiger partial charge on any atom is 0.000673 e. The fourth-order valence-electron chi connectivity index (χ4n) is 2.75. The van der Waals surface area contributed by atoms with Gasteiger partial charge in [0.05, 0.1) is 0 Å². The first kappa shape index (κ1) is 13.0. The molecule has 2 nitrogen and oxygen atoms in total. The number of nitrogens with zero attached hydrogens (tertiary/aromatic N) is 1. The highest BCUT2D eigenvalue weighted by Crippen LogP contribution is 2.26. The van der Waals surface area contributed by atoms with Crippen LogP contribution in [0.1, 0.15) is 33.1 Å². The van der Waals surface area contributed by atoms with Gasteiger partial charge in [-0.25, -0.2) is 0 Å². The normalized spacial score (nSPS) is 25.8. The Morgan fingerprint density at radius 2 is 2.13 bits per heavy atom. The quantitative estimate of drug-likeness (QED) is 0.751. The summed E-state index contributed by atoms with van der Waals surface area (Å²) < 4.78 is 0. The van der Waals surface area contributed by atoms with Gasteiger partial charge in [-0.05, 0) is 64.2 Å². The van der Waals surface area contributed by atoms with Gasteiger partial charge in [-0.3, -0.25) is 0 Å². The number of hydrogen-bond donors (Lipinski definition) is 1. The van der Waals surface area contributed by atoms with Crippen molar-refractivity contribution in [1.29, 1.82) is 0 Å². The van der Waals surface area contributed by atoms with Crippen molar-refractivity contribution in [2.45, 2.75) is 33.1 Å². The molecular formula is C13H28N2. The van der Waals surface area contributed by atoms with Crippen molar-refractivity contribution in [3.63, 3.8) is 0 Å². The fraction of sp³-hybridized carbons (Fsp3) is 1.00. The van der Waals surface area contributed by atoms with Crippen LogP contribution in [0.2, 0.25) is 0 Å². The van der Waals surface area contributed by atoms with E-state index in [1.807, 2.05) is 0 Å². The molecule has 90 valence electrons. The molecule has 0 saturated carbocycles. The third-order valence-electron chi connectivity index (χ3n) is 3.77. The molecule has 1 aliphatic heterocycles. The predicted octanol–water partition coefficient (Wildman–Crippen LogP) is 2.21. The van der Waals surface area contributed by atoms with Crippen molar-refractivity contribution in [3.8, 4) is 0 Å². The predicted molar refractivity (Wildman–Crippen MR) is 67.1 cm³/mol. The Kier molecular flexibility index (Phi) is 5.62. The molecule has 0 aliphatic carbocycles. The van der Waals surface area contributed by atoms with E-state index < -0.39 is 0 Å². The van der Waals surface area contributed by atoms with Gasteiger partial charge >= 0.3 is 0 Å². The molecule has 0 bridgehead atoms.